The summed E-state index contributed by atoms with van der Waals surface area (Å²) in [6.07, 6.45) is 3.28. The number of H-pyrrole nitrogens is 1. The maximum Gasteiger partial charge on any atom is 0.313 e. The van der Waals surface area contributed by atoms with Crippen molar-refractivity contribution in [1.29, 1.82) is 0 Å². The SMILES string of the molecule is C=C1n2c(-c3ccnc4[nH]ccc34)cc(C(N)=O)c2-c2ccc(OC)cc2C1(F)F. The van der Waals surface area contributed by atoms with E-state index in [-0.39, 0.29) is 28.1 Å². The van der Waals surface area contributed by atoms with Gasteiger partial charge in [-0.05, 0) is 36.4 Å². The van der Waals surface area contributed by atoms with Crippen molar-refractivity contribution in [2.75, 3.05) is 7.11 Å². The van der Waals surface area contributed by atoms with E-state index in [2.05, 4.69) is 16.5 Å². The number of ether oxygens (including phenoxy) is 1. The minimum atomic E-state index is -3.39. The number of allylic oxidation sites excluding steroid dienone is 1. The lowest BCUT2D eigenvalue weighted by Crippen LogP contribution is -2.27. The van der Waals surface area contributed by atoms with E-state index in [0.29, 0.717) is 16.9 Å². The topological polar surface area (TPSA) is 85.9 Å². The number of aromatic nitrogens is 3. The van der Waals surface area contributed by atoms with Crippen molar-refractivity contribution in [1.82, 2.24) is 14.5 Å². The highest BCUT2D eigenvalue weighted by atomic mass is 19.3. The molecule has 0 spiro atoms. The van der Waals surface area contributed by atoms with Crippen molar-refractivity contribution in [2.45, 2.75) is 5.92 Å². The van der Waals surface area contributed by atoms with E-state index >= 15 is 8.78 Å². The zero-order valence-corrected chi connectivity index (χ0v) is 15.9. The number of carbonyl (C=O) groups is 1. The van der Waals surface area contributed by atoms with Gasteiger partial charge in [-0.25, -0.2) is 4.98 Å². The van der Waals surface area contributed by atoms with Crippen LogP contribution in [0.3, 0.4) is 0 Å². The van der Waals surface area contributed by atoms with Crippen molar-refractivity contribution in [2.24, 2.45) is 5.73 Å². The lowest BCUT2D eigenvalue weighted by molar-refractivity contribution is 0.0571. The number of nitrogens with one attached hydrogen (secondary N) is 1. The number of benzene rings is 1. The molecule has 1 aliphatic heterocycles. The molecule has 1 aliphatic rings. The Morgan fingerprint density at radius 2 is 2.03 bits per heavy atom. The molecule has 1 aromatic carbocycles. The number of hydrogen-bond donors (Lipinski definition) is 2. The van der Waals surface area contributed by atoms with Gasteiger partial charge in [0.15, 0.2) is 0 Å². The molecule has 150 valence electrons. The van der Waals surface area contributed by atoms with Crippen molar-refractivity contribution in [3.8, 4) is 28.3 Å². The normalized spacial score (nSPS) is 14.4. The van der Waals surface area contributed by atoms with Gasteiger partial charge >= 0.3 is 5.92 Å². The first kappa shape index (κ1) is 18.1. The molecular weight excluding hydrogens is 390 g/mol. The summed E-state index contributed by atoms with van der Waals surface area (Å²) in [5.41, 5.74) is 7.11. The Morgan fingerprint density at radius 3 is 2.77 bits per heavy atom. The number of halogens is 2. The quantitative estimate of drug-likeness (QED) is 0.529. The first-order chi connectivity index (χ1) is 14.3. The highest BCUT2D eigenvalue weighted by Gasteiger charge is 2.46. The summed E-state index contributed by atoms with van der Waals surface area (Å²) < 4.78 is 37.3. The maximum absolute atomic E-state index is 15.4. The minimum Gasteiger partial charge on any atom is -0.497 e. The van der Waals surface area contributed by atoms with E-state index in [0.717, 1.165) is 5.39 Å². The van der Waals surface area contributed by atoms with Gasteiger partial charge < -0.3 is 20.0 Å². The third-order valence-corrected chi connectivity index (χ3v) is 5.45. The molecular formula is C22H16F2N4O2. The van der Waals surface area contributed by atoms with Crippen LogP contribution in [0.15, 0.2) is 55.4 Å². The van der Waals surface area contributed by atoms with Gasteiger partial charge in [-0.1, -0.05) is 6.58 Å². The lowest BCUT2D eigenvalue weighted by atomic mass is 9.91. The average molecular weight is 406 g/mol. The molecule has 5 rings (SSSR count). The van der Waals surface area contributed by atoms with E-state index in [1.807, 2.05) is 0 Å². The molecule has 0 unspecified atom stereocenters. The number of primary amides is 1. The first-order valence-corrected chi connectivity index (χ1v) is 9.09. The maximum atomic E-state index is 15.4. The fraction of sp³-hybridized carbons (Fsp3) is 0.0909. The summed E-state index contributed by atoms with van der Waals surface area (Å²) in [4.78, 5) is 19.5. The van der Waals surface area contributed by atoms with Crippen LogP contribution < -0.4 is 10.5 Å². The number of nitrogens with two attached hydrogens (primary N) is 1. The molecule has 4 aromatic rings. The van der Waals surface area contributed by atoms with Gasteiger partial charge in [-0.15, -0.1) is 0 Å². The fourth-order valence-electron chi connectivity index (χ4n) is 4.04. The second-order valence-corrected chi connectivity index (χ2v) is 7.02. The Balaban J connectivity index is 1.91. The number of carbonyl (C=O) groups excluding carboxylic acids is 1. The number of methoxy groups -OCH3 is 1. The molecule has 6 nitrogen and oxygen atoms in total. The molecule has 0 saturated carbocycles. The first-order valence-electron chi connectivity index (χ1n) is 9.09. The summed E-state index contributed by atoms with van der Waals surface area (Å²) in [7, 11) is 1.40. The number of rotatable bonds is 3. The molecule has 3 N–H and O–H groups in total. The third kappa shape index (κ3) is 2.27. The highest BCUT2D eigenvalue weighted by Crippen LogP contribution is 2.52. The van der Waals surface area contributed by atoms with Crippen LogP contribution in [0.4, 0.5) is 8.78 Å². The second kappa shape index (κ2) is 6.03. The van der Waals surface area contributed by atoms with Crippen LogP contribution >= 0.6 is 0 Å². The van der Waals surface area contributed by atoms with Crippen LogP contribution in [0.25, 0.3) is 39.2 Å². The van der Waals surface area contributed by atoms with E-state index in [1.165, 1.54) is 29.9 Å². The number of amides is 1. The van der Waals surface area contributed by atoms with Crippen LogP contribution in [0.1, 0.15) is 15.9 Å². The molecule has 1 amide bonds. The number of fused-ring (bicyclic) bond motifs is 4. The Kier molecular flexibility index (Phi) is 3.64. The minimum absolute atomic E-state index is 0.133. The van der Waals surface area contributed by atoms with Gasteiger partial charge in [0.2, 0.25) is 0 Å². The molecule has 30 heavy (non-hydrogen) atoms. The summed E-state index contributed by atoms with van der Waals surface area (Å²) in [5, 5.41) is 0.727. The Labute approximate surface area is 169 Å². The lowest BCUT2D eigenvalue weighted by Gasteiger charge is -2.31. The van der Waals surface area contributed by atoms with Crippen molar-refractivity contribution >= 4 is 22.6 Å². The second-order valence-electron chi connectivity index (χ2n) is 7.02. The molecule has 4 heterocycles. The van der Waals surface area contributed by atoms with E-state index in [4.69, 9.17) is 10.5 Å². The van der Waals surface area contributed by atoms with E-state index < -0.39 is 17.5 Å². The smallest absolute Gasteiger partial charge is 0.313 e. The molecule has 0 fully saturated rings. The fourth-order valence-corrected chi connectivity index (χ4v) is 4.04. The molecule has 0 saturated heterocycles. The molecule has 0 aliphatic carbocycles. The molecule has 8 heteroatoms. The van der Waals surface area contributed by atoms with Gasteiger partial charge in [-0.3, -0.25) is 4.79 Å². The monoisotopic (exact) mass is 406 g/mol. The van der Waals surface area contributed by atoms with Gasteiger partial charge in [-0.2, -0.15) is 8.78 Å². The third-order valence-electron chi connectivity index (χ3n) is 5.45. The standard InChI is InChI=1S/C22H16F2N4O2/c1-11-22(23,24)17-9-12(30-2)3-4-15(17)19-16(20(25)29)10-18(28(11)19)13-5-7-26-21-14(13)6-8-27-21/h3-10H,1H2,2H3,(H2,25,29)(H,26,27). The van der Waals surface area contributed by atoms with Gasteiger partial charge in [0, 0.05) is 34.5 Å². The van der Waals surface area contributed by atoms with Crippen molar-refractivity contribution < 1.29 is 18.3 Å². The molecule has 0 radical (unpaired) electrons. The number of aromatic amines is 1. The van der Waals surface area contributed by atoms with E-state index in [1.54, 1.807) is 30.6 Å². The number of alkyl halides is 2. The summed E-state index contributed by atoms with van der Waals surface area (Å²) in [5.74, 6) is -3.82. The van der Waals surface area contributed by atoms with Gasteiger partial charge in [0.25, 0.3) is 5.91 Å². The Hall–Kier alpha value is -3.94. The summed E-state index contributed by atoms with van der Waals surface area (Å²) in [6.45, 7) is 3.69. The molecule has 0 atom stereocenters. The Morgan fingerprint density at radius 1 is 1.23 bits per heavy atom. The van der Waals surface area contributed by atoms with E-state index in [9.17, 15) is 4.79 Å². The van der Waals surface area contributed by atoms with Crippen molar-refractivity contribution in [3.05, 3.63) is 66.5 Å². The van der Waals surface area contributed by atoms with Gasteiger partial charge in [0.05, 0.1) is 29.8 Å². The predicted molar refractivity (Wildman–Crippen MR) is 109 cm³/mol. The number of nitrogens with zero attached hydrogens (tertiary/aromatic N) is 2. The van der Waals surface area contributed by atoms with Gasteiger partial charge in [0.1, 0.15) is 11.4 Å². The van der Waals surface area contributed by atoms with Crippen LogP contribution in [0.5, 0.6) is 5.75 Å². The van der Waals surface area contributed by atoms with Crippen molar-refractivity contribution in [3.63, 3.8) is 0 Å². The van der Waals surface area contributed by atoms with Crippen LogP contribution in [0.2, 0.25) is 0 Å². The predicted octanol–water partition coefficient (Wildman–Crippen LogP) is 4.38. The summed E-state index contributed by atoms with van der Waals surface area (Å²) >= 11 is 0. The summed E-state index contributed by atoms with van der Waals surface area (Å²) in [6, 6.07) is 9.37. The highest BCUT2D eigenvalue weighted by molar-refractivity contribution is 6.05. The van der Waals surface area contributed by atoms with Crippen LogP contribution in [0, 0.1) is 0 Å². The van der Waals surface area contributed by atoms with Crippen LogP contribution in [-0.2, 0) is 5.92 Å². The largest absolute Gasteiger partial charge is 0.497 e. The number of pyridine rings is 1. The zero-order valence-electron chi connectivity index (χ0n) is 15.9. The molecule has 3 aromatic heterocycles. The van der Waals surface area contributed by atoms with Crippen LogP contribution in [-0.4, -0.2) is 27.6 Å². The zero-order chi connectivity index (χ0) is 21.2. The average Bonchev–Trinajstić information content (AvgIpc) is 3.36. The number of hydrogen-bond acceptors (Lipinski definition) is 3. The molecule has 0 bridgehead atoms. The Bertz CT molecular complexity index is 1370.